The normalized spacial score (nSPS) is 10.2. The Morgan fingerprint density at radius 1 is 1.10 bits per heavy atom. The molecule has 106 valence electrons. The second-order valence-corrected chi connectivity index (χ2v) is 5.05. The molecule has 2 aromatic carbocycles. The van der Waals surface area contributed by atoms with Gasteiger partial charge in [-0.1, -0.05) is 29.8 Å². The van der Waals surface area contributed by atoms with Crippen LogP contribution >= 0.6 is 11.6 Å². The lowest BCUT2D eigenvalue weighted by atomic mass is 10.3. The van der Waals surface area contributed by atoms with Crippen LogP contribution in [0.1, 0.15) is 0 Å². The van der Waals surface area contributed by atoms with E-state index < -0.39 is 0 Å². The van der Waals surface area contributed by atoms with Crippen LogP contribution in [-0.4, -0.2) is 27.2 Å². The van der Waals surface area contributed by atoms with Crippen LogP contribution in [0.3, 0.4) is 0 Å². The summed E-state index contributed by atoms with van der Waals surface area (Å²) in [4.78, 5) is 2.05. The smallest absolute Gasteiger partial charge is 0.121 e. The Morgan fingerprint density at radius 3 is 2.65 bits per heavy atom. The summed E-state index contributed by atoms with van der Waals surface area (Å²) >= 11 is 6.07. The van der Waals surface area contributed by atoms with Gasteiger partial charge >= 0.3 is 0 Å². The summed E-state index contributed by atoms with van der Waals surface area (Å²) in [6.07, 6.45) is 0. The topological polar surface area (TPSA) is 24.5 Å². The molecule has 0 spiro atoms. The molecule has 3 nitrogen and oxygen atoms in total. The van der Waals surface area contributed by atoms with Crippen molar-refractivity contribution in [2.24, 2.45) is 0 Å². The number of ether oxygens (including phenoxy) is 1. The van der Waals surface area contributed by atoms with Gasteiger partial charge in [0, 0.05) is 32.4 Å². The molecule has 0 saturated carbocycles. The molecule has 0 saturated heterocycles. The highest BCUT2D eigenvalue weighted by Crippen LogP contribution is 2.21. The van der Waals surface area contributed by atoms with E-state index in [0.29, 0.717) is 13.2 Å². The van der Waals surface area contributed by atoms with Crippen LogP contribution in [-0.2, 0) is 0 Å². The molecule has 0 radical (unpaired) electrons. The lowest BCUT2D eigenvalue weighted by Crippen LogP contribution is -2.12. The second-order valence-electron chi connectivity index (χ2n) is 4.65. The van der Waals surface area contributed by atoms with E-state index in [2.05, 4.69) is 16.3 Å². The van der Waals surface area contributed by atoms with Gasteiger partial charge in [-0.05, 0) is 24.3 Å². The molecule has 0 atom stereocenters. The van der Waals surface area contributed by atoms with E-state index in [1.807, 2.05) is 56.6 Å². The zero-order valence-electron chi connectivity index (χ0n) is 11.8. The van der Waals surface area contributed by atoms with Crippen LogP contribution in [0.15, 0.2) is 48.5 Å². The summed E-state index contributed by atoms with van der Waals surface area (Å²) in [6.45, 7) is 1.29. The number of nitrogens with zero attached hydrogens (tertiary/aromatic N) is 1. The van der Waals surface area contributed by atoms with Crippen LogP contribution in [0.4, 0.5) is 11.4 Å². The summed E-state index contributed by atoms with van der Waals surface area (Å²) in [5, 5.41) is 3.98. The molecule has 0 unspecified atom stereocenters. The predicted octanol–water partition coefficient (Wildman–Crippen LogP) is 3.90. The molecule has 0 heterocycles. The van der Waals surface area contributed by atoms with Crippen molar-refractivity contribution >= 4 is 23.0 Å². The Morgan fingerprint density at radius 2 is 1.90 bits per heavy atom. The molecule has 0 aliphatic heterocycles. The summed E-state index contributed by atoms with van der Waals surface area (Å²) in [5.74, 6) is 0.872. The summed E-state index contributed by atoms with van der Waals surface area (Å²) < 4.78 is 5.73. The molecule has 0 aliphatic rings. The van der Waals surface area contributed by atoms with Crippen LogP contribution in [0, 0.1) is 0 Å². The SMILES string of the molecule is CN(C)c1cccc(OCCNc2ccccc2Cl)c1. The van der Waals surface area contributed by atoms with E-state index in [4.69, 9.17) is 16.3 Å². The second kappa shape index (κ2) is 7.06. The van der Waals surface area contributed by atoms with Crippen molar-refractivity contribution < 1.29 is 4.74 Å². The number of rotatable bonds is 6. The maximum atomic E-state index is 6.07. The van der Waals surface area contributed by atoms with Gasteiger partial charge in [0.15, 0.2) is 0 Å². The number of halogens is 1. The van der Waals surface area contributed by atoms with E-state index in [1.54, 1.807) is 0 Å². The third-order valence-electron chi connectivity index (χ3n) is 2.89. The highest BCUT2D eigenvalue weighted by atomic mass is 35.5. The molecule has 20 heavy (non-hydrogen) atoms. The number of benzene rings is 2. The molecule has 1 N–H and O–H groups in total. The van der Waals surface area contributed by atoms with E-state index in [9.17, 15) is 0 Å². The molecule has 0 fully saturated rings. The molecule has 2 aromatic rings. The maximum Gasteiger partial charge on any atom is 0.121 e. The maximum absolute atomic E-state index is 6.07. The first-order valence-corrected chi connectivity index (χ1v) is 6.93. The zero-order valence-corrected chi connectivity index (χ0v) is 12.5. The lowest BCUT2D eigenvalue weighted by Gasteiger charge is -2.14. The summed E-state index contributed by atoms with van der Waals surface area (Å²) in [5.41, 5.74) is 2.06. The van der Waals surface area contributed by atoms with Gasteiger partial charge in [-0.3, -0.25) is 0 Å². The Kier molecular flexibility index (Phi) is 5.13. The van der Waals surface area contributed by atoms with Crippen molar-refractivity contribution in [1.29, 1.82) is 0 Å². The predicted molar refractivity (Wildman–Crippen MR) is 86.2 cm³/mol. The van der Waals surface area contributed by atoms with Crippen molar-refractivity contribution in [3.63, 3.8) is 0 Å². The van der Waals surface area contributed by atoms with Gasteiger partial charge in [-0.25, -0.2) is 0 Å². The highest BCUT2D eigenvalue weighted by Gasteiger charge is 2.00. The molecular formula is C16H19ClN2O. The van der Waals surface area contributed by atoms with E-state index >= 15 is 0 Å². The van der Waals surface area contributed by atoms with Gasteiger partial charge in [0.05, 0.1) is 10.7 Å². The van der Waals surface area contributed by atoms with Crippen LogP contribution in [0.2, 0.25) is 5.02 Å². The van der Waals surface area contributed by atoms with E-state index in [-0.39, 0.29) is 0 Å². The van der Waals surface area contributed by atoms with Crippen molar-refractivity contribution in [3.8, 4) is 5.75 Å². The molecule has 0 aromatic heterocycles. The number of hydrogen-bond donors (Lipinski definition) is 1. The van der Waals surface area contributed by atoms with Gasteiger partial charge in [0.1, 0.15) is 12.4 Å². The summed E-state index contributed by atoms with van der Waals surface area (Å²) in [7, 11) is 4.02. The monoisotopic (exact) mass is 290 g/mol. The van der Waals surface area contributed by atoms with Crippen LogP contribution < -0.4 is 15.0 Å². The minimum absolute atomic E-state index is 0.585. The van der Waals surface area contributed by atoms with Crippen molar-refractivity contribution in [1.82, 2.24) is 0 Å². The van der Waals surface area contributed by atoms with E-state index in [1.165, 1.54) is 0 Å². The first-order chi connectivity index (χ1) is 9.66. The fourth-order valence-electron chi connectivity index (χ4n) is 1.81. The molecule has 0 bridgehead atoms. The first kappa shape index (κ1) is 14.5. The van der Waals surface area contributed by atoms with Gasteiger partial charge in [0.2, 0.25) is 0 Å². The molecule has 0 amide bonds. The fraction of sp³-hybridized carbons (Fsp3) is 0.250. The van der Waals surface area contributed by atoms with Crippen molar-refractivity contribution in [3.05, 3.63) is 53.6 Å². The highest BCUT2D eigenvalue weighted by molar-refractivity contribution is 6.33. The Bertz CT molecular complexity index is 558. The van der Waals surface area contributed by atoms with Crippen LogP contribution in [0.5, 0.6) is 5.75 Å². The largest absolute Gasteiger partial charge is 0.492 e. The quantitative estimate of drug-likeness (QED) is 0.817. The third kappa shape index (κ3) is 4.07. The lowest BCUT2D eigenvalue weighted by molar-refractivity contribution is 0.333. The molecule has 0 aliphatic carbocycles. The molecular weight excluding hydrogens is 272 g/mol. The Hall–Kier alpha value is -1.87. The Balaban J connectivity index is 1.82. The first-order valence-electron chi connectivity index (χ1n) is 6.55. The van der Waals surface area contributed by atoms with Crippen molar-refractivity contribution in [2.75, 3.05) is 37.5 Å². The van der Waals surface area contributed by atoms with Gasteiger partial charge in [-0.15, -0.1) is 0 Å². The fourth-order valence-corrected chi connectivity index (χ4v) is 2.01. The minimum Gasteiger partial charge on any atom is -0.492 e. The van der Waals surface area contributed by atoms with Gasteiger partial charge in [-0.2, -0.15) is 0 Å². The summed E-state index contributed by atoms with van der Waals surface area (Å²) in [6, 6.07) is 15.7. The number of para-hydroxylation sites is 1. The van der Waals surface area contributed by atoms with Gasteiger partial charge < -0.3 is 15.0 Å². The average molecular weight is 291 g/mol. The third-order valence-corrected chi connectivity index (χ3v) is 3.22. The molecule has 2 rings (SSSR count). The Labute approximate surface area is 125 Å². The minimum atomic E-state index is 0.585. The zero-order chi connectivity index (χ0) is 14.4. The number of nitrogens with one attached hydrogen (secondary N) is 1. The van der Waals surface area contributed by atoms with Crippen molar-refractivity contribution in [2.45, 2.75) is 0 Å². The van der Waals surface area contributed by atoms with Crippen LogP contribution in [0.25, 0.3) is 0 Å². The van der Waals surface area contributed by atoms with Gasteiger partial charge in [0.25, 0.3) is 0 Å². The van der Waals surface area contributed by atoms with E-state index in [0.717, 1.165) is 22.1 Å². The molecule has 4 heteroatoms. The standard InChI is InChI=1S/C16H19ClN2O/c1-19(2)13-6-5-7-14(12-13)20-11-10-18-16-9-4-3-8-15(16)17/h3-9,12,18H,10-11H2,1-2H3. The number of anilines is 2. The number of hydrogen-bond acceptors (Lipinski definition) is 3. The average Bonchev–Trinajstić information content (AvgIpc) is 2.45.